The molecule has 3 heterocycles. The molecule has 3 aromatic carbocycles. The third-order valence-electron chi connectivity index (χ3n) is 7.71. The van der Waals surface area contributed by atoms with Crippen molar-refractivity contribution in [1.82, 2.24) is 20.0 Å². The number of nitrogens with one attached hydrogen (secondary N) is 1. The molecule has 1 atom stereocenters. The van der Waals surface area contributed by atoms with Gasteiger partial charge in [0.25, 0.3) is 0 Å². The van der Waals surface area contributed by atoms with E-state index >= 15 is 0 Å². The van der Waals surface area contributed by atoms with Crippen LogP contribution in [0.4, 0.5) is 0 Å². The van der Waals surface area contributed by atoms with E-state index in [2.05, 4.69) is 17.1 Å². The highest BCUT2D eigenvalue weighted by atomic mass is 35.5. The number of nitrogens with zero attached hydrogens (tertiary/aromatic N) is 3. The van der Waals surface area contributed by atoms with Crippen LogP contribution in [0.2, 0.25) is 5.02 Å². The van der Waals surface area contributed by atoms with Gasteiger partial charge in [0, 0.05) is 53.8 Å². The fourth-order valence-corrected chi connectivity index (χ4v) is 5.84. The first-order valence-electron chi connectivity index (χ1n) is 13.3. The molecule has 2 aliphatic rings. The van der Waals surface area contributed by atoms with Gasteiger partial charge in [-0.3, -0.25) is 9.58 Å². The number of hydrogen-bond acceptors (Lipinski definition) is 8. The summed E-state index contributed by atoms with van der Waals surface area (Å²) in [6, 6.07) is 13.6. The molecular weight excluding hydrogens is 532 g/mol. The molecule has 1 unspecified atom stereocenters. The Kier molecular flexibility index (Phi) is 7.35. The third-order valence-corrected chi connectivity index (χ3v) is 7.95. The van der Waals surface area contributed by atoms with Gasteiger partial charge in [-0.15, -0.1) is 0 Å². The number of hydrogen-bond donors (Lipinski definition) is 1. The largest absolute Gasteiger partial charge is 0.496 e. The van der Waals surface area contributed by atoms with Gasteiger partial charge in [0.15, 0.2) is 23.0 Å². The van der Waals surface area contributed by atoms with E-state index in [1.165, 1.54) is 0 Å². The van der Waals surface area contributed by atoms with Crippen molar-refractivity contribution in [3.8, 4) is 39.9 Å². The van der Waals surface area contributed by atoms with Crippen LogP contribution in [-0.2, 0) is 6.54 Å². The Morgan fingerprint density at radius 3 is 2.45 bits per heavy atom. The van der Waals surface area contributed by atoms with Crippen LogP contribution in [-0.4, -0.2) is 69.0 Å². The molecule has 0 radical (unpaired) electrons. The molecule has 6 rings (SSSR count). The molecule has 10 heteroatoms. The minimum absolute atomic E-state index is 0.0561. The minimum atomic E-state index is 0.0561. The number of methoxy groups -OCH3 is 3. The highest BCUT2D eigenvalue weighted by Gasteiger charge is 2.32. The Labute approximate surface area is 238 Å². The maximum Gasteiger partial charge on any atom is 0.231 e. The average Bonchev–Trinajstić information content (AvgIpc) is 3.60. The van der Waals surface area contributed by atoms with Gasteiger partial charge in [-0.05, 0) is 42.8 Å². The SMILES string of the molecule is COc1ccc(Cn2nc(C(C)N3CCNCC3)c3c(-c4cc(Cl)ccc4OC)c4c(cc32)OCO4)cc1OC. The summed E-state index contributed by atoms with van der Waals surface area (Å²) in [5.74, 6) is 3.39. The van der Waals surface area contributed by atoms with Gasteiger partial charge in [0.1, 0.15) is 5.75 Å². The molecule has 0 amide bonds. The fraction of sp³-hybridized carbons (Fsp3) is 0.367. The molecule has 0 aliphatic carbocycles. The molecule has 0 spiro atoms. The van der Waals surface area contributed by atoms with Gasteiger partial charge < -0.3 is 29.0 Å². The number of rotatable bonds is 8. The first-order chi connectivity index (χ1) is 19.5. The molecule has 1 N–H and O–H groups in total. The quantitative estimate of drug-likeness (QED) is 0.316. The molecule has 4 aromatic rings. The van der Waals surface area contributed by atoms with E-state index in [-0.39, 0.29) is 12.8 Å². The van der Waals surface area contributed by atoms with Crippen molar-refractivity contribution in [1.29, 1.82) is 0 Å². The van der Waals surface area contributed by atoms with Gasteiger partial charge in [0.05, 0.1) is 45.1 Å². The summed E-state index contributed by atoms with van der Waals surface area (Å²) in [6.45, 7) is 6.64. The van der Waals surface area contributed by atoms with E-state index < -0.39 is 0 Å². The molecule has 9 nitrogen and oxygen atoms in total. The lowest BCUT2D eigenvalue weighted by molar-refractivity contribution is 0.174. The first kappa shape index (κ1) is 26.6. The zero-order chi connectivity index (χ0) is 27.8. The molecule has 210 valence electrons. The maximum absolute atomic E-state index is 6.53. The minimum Gasteiger partial charge on any atom is -0.496 e. The molecule has 0 bridgehead atoms. The maximum atomic E-state index is 6.53. The average molecular weight is 565 g/mol. The first-order valence-corrected chi connectivity index (χ1v) is 13.7. The van der Waals surface area contributed by atoms with Gasteiger partial charge in [-0.2, -0.15) is 5.10 Å². The zero-order valence-corrected chi connectivity index (χ0v) is 23.9. The van der Waals surface area contributed by atoms with Crippen LogP contribution in [0.3, 0.4) is 0 Å². The second kappa shape index (κ2) is 11.1. The van der Waals surface area contributed by atoms with Crippen molar-refractivity contribution in [3.63, 3.8) is 0 Å². The number of fused-ring (bicyclic) bond motifs is 2. The summed E-state index contributed by atoms with van der Waals surface area (Å²) in [5.41, 5.74) is 4.64. The van der Waals surface area contributed by atoms with Crippen LogP contribution in [0.1, 0.15) is 24.2 Å². The van der Waals surface area contributed by atoms with E-state index in [0.717, 1.165) is 59.5 Å². The molecule has 1 aromatic heterocycles. The summed E-state index contributed by atoms with van der Waals surface area (Å²) in [6.07, 6.45) is 0. The zero-order valence-electron chi connectivity index (χ0n) is 23.1. The third kappa shape index (κ3) is 4.68. The van der Waals surface area contributed by atoms with Crippen molar-refractivity contribution >= 4 is 22.5 Å². The van der Waals surface area contributed by atoms with E-state index in [9.17, 15) is 0 Å². The Morgan fingerprint density at radius 1 is 0.950 bits per heavy atom. The van der Waals surface area contributed by atoms with E-state index in [0.29, 0.717) is 40.3 Å². The van der Waals surface area contributed by atoms with Gasteiger partial charge in [-0.1, -0.05) is 17.7 Å². The van der Waals surface area contributed by atoms with Crippen LogP contribution < -0.4 is 29.0 Å². The molecule has 40 heavy (non-hydrogen) atoms. The summed E-state index contributed by atoms with van der Waals surface area (Å²) in [5, 5.41) is 10.3. The molecule has 0 saturated carbocycles. The second-order valence-electron chi connectivity index (χ2n) is 9.92. The smallest absolute Gasteiger partial charge is 0.231 e. The lowest BCUT2D eigenvalue weighted by atomic mass is 9.95. The van der Waals surface area contributed by atoms with E-state index in [1.54, 1.807) is 21.3 Å². The van der Waals surface area contributed by atoms with Crippen molar-refractivity contribution in [2.45, 2.75) is 19.5 Å². The lowest BCUT2D eigenvalue weighted by Gasteiger charge is -2.32. The van der Waals surface area contributed by atoms with E-state index in [4.69, 9.17) is 40.4 Å². The number of halogens is 1. The van der Waals surface area contributed by atoms with Crippen LogP contribution >= 0.6 is 11.6 Å². The van der Waals surface area contributed by atoms with Gasteiger partial charge in [0.2, 0.25) is 6.79 Å². The molecular formula is C30H33ClN4O5. The Morgan fingerprint density at radius 2 is 1.70 bits per heavy atom. The lowest BCUT2D eigenvalue weighted by Crippen LogP contribution is -2.44. The normalized spacial score (nSPS) is 15.8. The number of aromatic nitrogens is 2. The fourth-order valence-electron chi connectivity index (χ4n) is 5.67. The topological polar surface area (TPSA) is 79.2 Å². The highest BCUT2D eigenvalue weighted by molar-refractivity contribution is 6.31. The molecule has 1 fully saturated rings. The predicted molar refractivity (Wildman–Crippen MR) is 154 cm³/mol. The summed E-state index contributed by atoms with van der Waals surface area (Å²) in [7, 11) is 4.94. The van der Waals surface area contributed by atoms with Gasteiger partial charge in [-0.25, -0.2) is 0 Å². The van der Waals surface area contributed by atoms with Crippen LogP contribution in [0.15, 0.2) is 42.5 Å². The Balaban J connectivity index is 1.60. The monoisotopic (exact) mass is 564 g/mol. The van der Waals surface area contributed by atoms with Gasteiger partial charge >= 0.3 is 0 Å². The Bertz CT molecular complexity index is 1550. The highest BCUT2D eigenvalue weighted by Crippen LogP contribution is 2.51. The number of ether oxygens (including phenoxy) is 5. The standard InChI is InChI=1S/C30H33ClN4O5/c1-18(34-11-9-32-10-12-34)29-28-22(35(33-29)16-19-5-7-24(37-3)25(13-19)38-4)15-26-30(40-17-39-26)27(28)21-14-20(31)6-8-23(21)36-2/h5-8,13-15,18,32H,9-12,16-17H2,1-4H3. The van der Waals surface area contributed by atoms with Crippen LogP contribution in [0.5, 0.6) is 28.7 Å². The predicted octanol–water partition coefficient (Wildman–Crippen LogP) is 5.13. The number of piperazine rings is 1. The summed E-state index contributed by atoms with van der Waals surface area (Å²) >= 11 is 6.53. The second-order valence-corrected chi connectivity index (χ2v) is 10.4. The van der Waals surface area contributed by atoms with Crippen LogP contribution in [0, 0.1) is 0 Å². The molecule has 2 aliphatic heterocycles. The van der Waals surface area contributed by atoms with Crippen molar-refractivity contribution < 1.29 is 23.7 Å². The molecule has 1 saturated heterocycles. The summed E-state index contributed by atoms with van der Waals surface area (Å²) in [4.78, 5) is 2.46. The van der Waals surface area contributed by atoms with Crippen molar-refractivity contribution in [3.05, 3.63) is 58.7 Å². The van der Waals surface area contributed by atoms with Crippen molar-refractivity contribution in [2.24, 2.45) is 0 Å². The Hall–Kier alpha value is -3.66. The van der Waals surface area contributed by atoms with Crippen molar-refractivity contribution in [2.75, 3.05) is 54.3 Å². The summed E-state index contributed by atoms with van der Waals surface area (Å²) < 4.78 is 30.9. The van der Waals surface area contributed by atoms with E-state index in [1.807, 2.05) is 47.1 Å². The van der Waals surface area contributed by atoms with Crippen LogP contribution in [0.25, 0.3) is 22.0 Å². The number of benzene rings is 3.